The second-order valence-electron chi connectivity index (χ2n) is 5.43. The predicted molar refractivity (Wildman–Crippen MR) is 75.0 cm³/mol. The quantitative estimate of drug-likeness (QED) is 0.632. The zero-order valence-electron chi connectivity index (χ0n) is 11.9. The molecule has 0 bridgehead atoms. The summed E-state index contributed by atoms with van der Waals surface area (Å²) in [7, 11) is 1.43. The fourth-order valence-corrected chi connectivity index (χ4v) is 2.61. The molecule has 0 fully saturated rings. The number of rotatable bonds is 4. The summed E-state index contributed by atoms with van der Waals surface area (Å²) in [5.74, 6) is -2.16. The van der Waals surface area contributed by atoms with Gasteiger partial charge >= 0.3 is 0 Å². The summed E-state index contributed by atoms with van der Waals surface area (Å²) in [5, 5.41) is 0. The van der Waals surface area contributed by atoms with Crippen molar-refractivity contribution in [3.8, 4) is 0 Å². The maximum Gasteiger partial charge on any atom is 0.179 e. The summed E-state index contributed by atoms with van der Waals surface area (Å²) < 4.78 is 5.19. The van der Waals surface area contributed by atoms with E-state index in [0.717, 1.165) is 0 Å². The zero-order chi connectivity index (χ0) is 15.0. The van der Waals surface area contributed by atoms with Crippen LogP contribution in [0.15, 0.2) is 11.3 Å². The third-order valence-electron chi connectivity index (χ3n) is 3.67. The Morgan fingerprint density at radius 3 is 2.37 bits per heavy atom. The van der Waals surface area contributed by atoms with Gasteiger partial charge in [-0.25, -0.2) is 0 Å². The summed E-state index contributed by atoms with van der Waals surface area (Å²) in [6, 6.07) is 0. The van der Waals surface area contributed by atoms with Gasteiger partial charge in [-0.1, -0.05) is 6.92 Å². The average Bonchev–Trinajstić information content (AvgIpc) is 2.36. The van der Waals surface area contributed by atoms with Crippen LogP contribution in [0, 0.1) is 17.3 Å². The molecule has 2 unspecified atom stereocenters. The molecule has 106 valence electrons. The van der Waals surface area contributed by atoms with Crippen molar-refractivity contribution >= 4 is 30.0 Å². The van der Waals surface area contributed by atoms with E-state index in [1.54, 1.807) is 27.7 Å². The van der Waals surface area contributed by atoms with Gasteiger partial charge in [0.2, 0.25) is 0 Å². The molecule has 0 radical (unpaired) electrons. The van der Waals surface area contributed by atoms with Crippen LogP contribution < -0.4 is 0 Å². The number of carbonyl (C=O) groups is 3. The van der Waals surface area contributed by atoms with Crippen LogP contribution in [0.25, 0.3) is 0 Å². The number of hydrogen-bond donors (Lipinski definition) is 1. The van der Waals surface area contributed by atoms with Gasteiger partial charge in [-0.05, 0) is 26.5 Å². The van der Waals surface area contributed by atoms with Gasteiger partial charge in [0, 0.05) is 11.5 Å². The van der Waals surface area contributed by atoms with Crippen LogP contribution in [0.1, 0.15) is 27.7 Å². The molecule has 19 heavy (non-hydrogen) atoms. The molecule has 0 aromatic rings. The largest absolute Gasteiger partial charge is 0.500 e. The third kappa shape index (κ3) is 2.48. The van der Waals surface area contributed by atoms with E-state index >= 15 is 0 Å². The van der Waals surface area contributed by atoms with Gasteiger partial charge in [-0.15, -0.1) is 0 Å². The van der Waals surface area contributed by atoms with Crippen LogP contribution in [0.4, 0.5) is 0 Å². The van der Waals surface area contributed by atoms with Crippen LogP contribution >= 0.6 is 12.6 Å². The minimum atomic E-state index is -1.21. The standard InChI is InChI=1S/C14H20O4S/c1-7(6-19)10(15)9-11(16)8(2)13(18-5)14(3,4)12(9)17/h7,9,19H,6H2,1-5H3. The number of allylic oxidation sites excluding steroid dienone is 2. The topological polar surface area (TPSA) is 60.4 Å². The molecule has 0 aromatic carbocycles. The van der Waals surface area contributed by atoms with Crippen LogP contribution in [0.2, 0.25) is 0 Å². The first-order valence-corrected chi connectivity index (χ1v) is 6.81. The van der Waals surface area contributed by atoms with Gasteiger partial charge in [0.15, 0.2) is 17.3 Å². The maximum atomic E-state index is 12.5. The lowest BCUT2D eigenvalue weighted by molar-refractivity contribution is -0.145. The summed E-state index contributed by atoms with van der Waals surface area (Å²) in [4.78, 5) is 36.9. The van der Waals surface area contributed by atoms with E-state index in [2.05, 4.69) is 12.6 Å². The molecular formula is C14H20O4S. The molecule has 0 saturated heterocycles. The highest BCUT2D eigenvalue weighted by atomic mass is 32.1. The first-order chi connectivity index (χ1) is 8.69. The fourth-order valence-electron chi connectivity index (χ4n) is 2.43. The van der Waals surface area contributed by atoms with E-state index in [9.17, 15) is 14.4 Å². The van der Waals surface area contributed by atoms with Crippen molar-refractivity contribution in [3.05, 3.63) is 11.3 Å². The molecule has 1 aliphatic carbocycles. The van der Waals surface area contributed by atoms with E-state index in [0.29, 0.717) is 17.1 Å². The number of carbonyl (C=O) groups excluding carboxylic acids is 3. The Hall–Kier alpha value is -1.10. The van der Waals surface area contributed by atoms with Crippen molar-refractivity contribution in [2.24, 2.45) is 17.3 Å². The van der Waals surface area contributed by atoms with Crippen molar-refractivity contribution in [3.63, 3.8) is 0 Å². The predicted octanol–water partition coefficient (Wildman–Crippen LogP) is 1.84. The first kappa shape index (κ1) is 16.0. The highest BCUT2D eigenvalue weighted by Gasteiger charge is 2.50. The molecule has 0 aliphatic heterocycles. The molecule has 0 N–H and O–H groups in total. The van der Waals surface area contributed by atoms with Crippen molar-refractivity contribution in [2.45, 2.75) is 27.7 Å². The minimum Gasteiger partial charge on any atom is -0.500 e. The molecule has 0 amide bonds. The highest BCUT2D eigenvalue weighted by molar-refractivity contribution is 7.80. The minimum absolute atomic E-state index is 0.316. The Labute approximate surface area is 119 Å². The fraction of sp³-hybridized carbons (Fsp3) is 0.643. The monoisotopic (exact) mass is 284 g/mol. The number of hydrogen-bond acceptors (Lipinski definition) is 5. The van der Waals surface area contributed by atoms with Crippen LogP contribution in [0.3, 0.4) is 0 Å². The number of Topliss-reactive ketones (excluding diaryl/α,β-unsaturated/α-hetero) is 3. The van der Waals surface area contributed by atoms with Gasteiger partial charge < -0.3 is 4.74 Å². The van der Waals surface area contributed by atoms with E-state index in [4.69, 9.17) is 4.74 Å². The van der Waals surface area contributed by atoms with Gasteiger partial charge in [0.05, 0.1) is 12.5 Å². The number of thiol groups is 1. The Morgan fingerprint density at radius 2 is 1.95 bits per heavy atom. The maximum absolute atomic E-state index is 12.5. The molecule has 0 heterocycles. The van der Waals surface area contributed by atoms with Gasteiger partial charge in [0.25, 0.3) is 0 Å². The number of ketones is 3. The summed E-state index contributed by atoms with van der Waals surface area (Å²) in [6.45, 7) is 6.63. The normalized spacial score (nSPS) is 24.4. The van der Waals surface area contributed by atoms with Crippen molar-refractivity contribution in [2.75, 3.05) is 12.9 Å². The Balaban J connectivity index is 3.33. The van der Waals surface area contributed by atoms with Crippen molar-refractivity contribution in [1.29, 1.82) is 0 Å². The second-order valence-corrected chi connectivity index (χ2v) is 5.80. The van der Waals surface area contributed by atoms with Gasteiger partial charge in [-0.3, -0.25) is 14.4 Å². The first-order valence-electron chi connectivity index (χ1n) is 6.18. The van der Waals surface area contributed by atoms with Crippen molar-refractivity contribution in [1.82, 2.24) is 0 Å². The Bertz CT molecular complexity index is 462. The molecule has 1 rings (SSSR count). The second kappa shape index (κ2) is 5.49. The summed E-state index contributed by atoms with van der Waals surface area (Å²) >= 11 is 4.06. The van der Waals surface area contributed by atoms with E-state index in [1.165, 1.54) is 7.11 Å². The summed E-state index contributed by atoms with van der Waals surface area (Å²) in [5.41, 5.74) is -0.597. The molecule has 2 atom stereocenters. The summed E-state index contributed by atoms with van der Waals surface area (Å²) in [6.07, 6.45) is 0. The van der Waals surface area contributed by atoms with Gasteiger partial charge in [0.1, 0.15) is 11.7 Å². The average molecular weight is 284 g/mol. The molecule has 5 heteroatoms. The van der Waals surface area contributed by atoms with Crippen LogP contribution in [-0.4, -0.2) is 30.2 Å². The van der Waals surface area contributed by atoms with E-state index in [-0.39, 0.29) is 5.78 Å². The van der Waals surface area contributed by atoms with Crippen molar-refractivity contribution < 1.29 is 19.1 Å². The Kier molecular flexibility index (Phi) is 4.61. The molecule has 0 spiro atoms. The molecule has 0 aromatic heterocycles. The third-order valence-corrected chi connectivity index (χ3v) is 4.21. The lowest BCUT2D eigenvalue weighted by Crippen LogP contribution is -2.48. The molecule has 1 aliphatic rings. The molecule has 4 nitrogen and oxygen atoms in total. The van der Waals surface area contributed by atoms with Crippen LogP contribution in [-0.2, 0) is 19.1 Å². The number of methoxy groups -OCH3 is 1. The smallest absolute Gasteiger partial charge is 0.179 e. The van der Waals surface area contributed by atoms with E-state index < -0.39 is 28.8 Å². The lowest BCUT2D eigenvalue weighted by Gasteiger charge is -2.35. The van der Waals surface area contributed by atoms with Gasteiger partial charge in [-0.2, -0.15) is 12.6 Å². The molecular weight excluding hydrogens is 264 g/mol. The Morgan fingerprint density at radius 1 is 1.42 bits per heavy atom. The lowest BCUT2D eigenvalue weighted by atomic mass is 9.68. The zero-order valence-corrected chi connectivity index (χ0v) is 12.8. The highest BCUT2D eigenvalue weighted by Crippen LogP contribution is 2.39. The SMILES string of the molecule is COC1=C(C)C(=O)C(C(=O)C(C)CS)C(=O)C1(C)C. The van der Waals surface area contributed by atoms with Crippen LogP contribution in [0.5, 0.6) is 0 Å². The number of ether oxygens (including phenoxy) is 1. The van der Waals surface area contributed by atoms with E-state index in [1.807, 2.05) is 0 Å². The molecule has 0 saturated carbocycles.